The van der Waals surface area contributed by atoms with E-state index < -0.39 is 10.0 Å². The normalized spacial score (nSPS) is 13.1. The molecule has 104 valence electrons. The van der Waals surface area contributed by atoms with Crippen molar-refractivity contribution >= 4 is 65.7 Å². The summed E-state index contributed by atoms with van der Waals surface area (Å²) in [5.74, 6) is 0. The van der Waals surface area contributed by atoms with Gasteiger partial charge in [-0.05, 0) is 41.1 Å². The van der Waals surface area contributed by atoms with E-state index in [4.69, 9.17) is 0 Å². The highest BCUT2D eigenvalue weighted by Gasteiger charge is 2.22. The fourth-order valence-corrected chi connectivity index (χ4v) is 5.82. The van der Waals surface area contributed by atoms with Gasteiger partial charge in [0.15, 0.2) is 0 Å². The standard InChI is InChI=1S/C11H8BrN3O2S3/c1-6-9(5-10(12)18-6)20(16,17)15-8-4-2-3-7-11(8)14-19-13-7/h2-5,15H,1H3. The maximum atomic E-state index is 12.4. The molecule has 0 aliphatic carbocycles. The third-order valence-electron chi connectivity index (χ3n) is 2.66. The number of thiophene rings is 1. The predicted molar refractivity (Wildman–Crippen MR) is 85.5 cm³/mol. The number of nitrogens with zero attached hydrogens (tertiary/aromatic N) is 2. The molecule has 3 rings (SSSR count). The molecule has 0 radical (unpaired) electrons. The number of fused-ring (bicyclic) bond motifs is 1. The summed E-state index contributed by atoms with van der Waals surface area (Å²) in [5.41, 5.74) is 1.68. The summed E-state index contributed by atoms with van der Waals surface area (Å²) in [5, 5.41) is 0. The minimum atomic E-state index is -3.63. The Labute approximate surface area is 132 Å². The van der Waals surface area contributed by atoms with Crippen LogP contribution >= 0.6 is 27.3 Å². The molecular weight excluding hydrogens is 382 g/mol. The number of anilines is 1. The highest BCUT2D eigenvalue weighted by molar-refractivity contribution is 9.11. The van der Waals surface area contributed by atoms with E-state index in [0.29, 0.717) is 17.1 Å². The average Bonchev–Trinajstić information content (AvgIpc) is 2.96. The number of halogens is 1. The lowest BCUT2D eigenvalue weighted by Gasteiger charge is -2.09. The van der Waals surface area contributed by atoms with Crippen LogP contribution in [0.1, 0.15) is 4.88 Å². The molecule has 1 aromatic heterocycles. The second-order valence-electron chi connectivity index (χ2n) is 4.01. The van der Waals surface area contributed by atoms with Crippen molar-refractivity contribution in [2.75, 3.05) is 4.72 Å². The molecule has 0 atom stereocenters. The van der Waals surface area contributed by atoms with Gasteiger partial charge in [-0.3, -0.25) is 4.72 Å². The second-order valence-corrected chi connectivity index (χ2v) is 8.83. The van der Waals surface area contributed by atoms with Crippen molar-refractivity contribution in [3.05, 3.63) is 32.9 Å². The molecule has 0 spiro atoms. The fourth-order valence-electron chi connectivity index (χ4n) is 1.79. The van der Waals surface area contributed by atoms with Crippen LogP contribution in [0.3, 0.4) is 0 Å². The molecule has 1 aliphatic rings. The zero-order valence-electron chi connectivity index (χ0n) is 10.1. The van der Waals surface area contributed by atoms with Gasteiger partial charge >= 0.3 is 0 Å². The Bertz CT molecular complexity index is 867. The Morgan fingerprint density at radius 2 is 2.10 bits per heavy atom. The zero-order chi connectivity index (χ0) is 14.3. The molecule has 0 bridgehead atoms. The van der Waals surface area contributed by atoms with Gasteiger partial charge in [-0.2, -0.15) is 8.73 Å². The van der Waals surface area contributed by atoms with Gasteiger partial charge in [-0.15, -0.1) is 11.3 Å². The Morgan fingerprint density at radius 3 is 2.80 bits per heavy atom. The minimum absolute atomic E-state index is 0.273. The Hall–Kier alpha value is -1.03. The van der Waals surface area contributed by atoms with Crippen molar-refractivity contribution in [2.45, 2.75) is 11.8 Å². The number of rotatable bonds is 3. The SMILES string of the molecule is Cc1sc(Br)cc1S(=O)(=O)Nc1cccc2c1N=S=N2. The monoisotopic (exact) mass is 389 g/mol. The average molecular weight is 390 g/mol. The molecule has 0 amide bonds. The van der Waals surface area contributed by atoms with Crippen molar-refractivity contribution in [3.8, 4) is 0 Å². The Morgan fingerprint density at radius 1 is 1.30 bits per heavy atom. The van der Waals surface area contributed by atoms with Crippen molar-refractivity contribution in [3.63, 3.8) is 0 Å². The van der Waals surface area contributed by atoms with Crippen molar-refractivity contribution in [1.82, 2.24) is 0 Å². The van der Waals surface area contributed by atoms with Crippen LogP contribution in [0.5, 0.6) is 0 Å². The molecule has 0 fully saturated rings. The Balaban J connectivity index is 2.02. The summed E-state index contributed by atoms with van der Waals surface area (Å²) in [6.07, 6.45) is 0. The highest BCUT2D eigenvalue weighted by atomic mass is 79.9. The van der Waals surface area contributed by atoms with Crippen LogP contribution in [0.2, 0.25) is 0 Å². The summed E-state index contributed by atoms with van der Waals surface area (Å²) in [4.78, 5) is 1.00. The third-order valence-corrected chi connectivity index (χ3v) is 6.38. The number of benzene rings is 1. The van der Waals surface area contributed by atoms with Gasteiger partial charge in [-0.1, -0.05) is 6.07 Å². The number of hydrogen-bond acceptors (Lipinski definition) is 5. The summed E-state index contributed by atoms with van der Waals surface area (Å²) in [6, 6.07) is 6.82. The highest BCUT2D eigenvalue weighted by Crippen LogP contribution is 2.40. The first-order chi connectivity index (χ1) is 9.47. The molecule has 0 unspecified atom stereocenters. The predicted octanol–water partition coefficient (Wildman–Crippen LogP) is 4.35. The van der Waals surface area contributed by atoms with Crippen molar-refractivity contribution < 1.29 is 8.42 Å². The first-order valence-corrected chi connectivity index (χ1v) is 9.30. The van der Waals surface area contributed by atoms with Gasteiger partial charge in [0, 0.05) is 4.88 Å². The summed E-state index contributed by atoms with van der Waals surface area (Å²) in [7, 11) is -3.63. The van der Waals surface area contributed by atoms with Gasteiger partial charge < -0.3 is 0 Å². The minimum Gasteiger partial charge on any atom is -0.277 e. The molecule has 2 aromatic rings. The van der Waals surface area contributed by atoms with E-state index in [0.717, 1.165) is 20.0 Å². The van der Waals surface area contributed by atoms with Gasteiger partial charge in [0.05, 0.1) is 20.8 Å². The van der Waals surface area contributed by atoms with Crippen LogP contribution in [0, 0.1) is 6.92 Å². The maximum Gasteiger partial charge on any atom is 0.263 e. The van der Waals surface area contributed by atoms with E-state index in [1.807, 2.05) is 0 Å². The quantitative estimate of drug-likeness (QED) is 0.723. The van der Waals surface area contributed by atoms with E-state index in [1.165, 1.54) is 11.3 Å². The molecule has 1 aliphatic heterocycles. The van der Waals surface area contributed by atoms with E-state index in [9.17, 15) is 8.42 Å². The molecule has 0 saturated heterocycles. The van der Waals surface area contributed by atoms with E-state index in [1.54, 1.807) is 31.2 Å². The van der Waals surface area contributed by atoms with Crippen molar-refractivity contribution in [2.24, 2.45) is 8.73 Å². The summed E-state index contributed by atoms with van der Waals surface area (Å²) in [6.45, 7) is 1.77. The topological polar surface area (TPSA) is 70.9 Å². The Kier molecular flexibility index (Phi) is 3.53. The van der Waals surface area contributed by atoms with Gasteiger partial charge in [0.2, 0.25) is 0 Å². The van der Waals surface area contributed by atoms with Crippen LogP contribution < -0.4 is 4.72 Å². The lowest BCUT2D eigenvalue weighted by Crippen LogP contribution is -2.13. The fraction of sp³-hybridized carbons (Fsp3) is 0.0909. The zero-order valence-corrected chi connectivity index (χ0v) is 14.2. The largest absolute Gasteiger partial charge is 0.277 e. The van der Waals surface area contributed by atoms with Gasteiger partial charge in [0.25, 0.3) is 10.0 Å². The number of hydrogen-bond donors (Lipinski definition) is 1. The molecule has 1 aromatic carbocycles. The third kappa shape index (κ3) is 2.46. The lowest BCUT2D eigenvalue weighted by molar-refractivity contribution is 0.601. The summed E-state index contributed by atoms with van der Waals surface area (Å²) >= 11 is 5.74. The van der Waals surface area contributed by atoms with Crippen LogP contribution in [0.25, 0.3) is 0 Å². The lowest BCUT2D eigenvalue weighted by atomic mass is 10.2. The maximum absolute atomic E-state index is 12.4. The van der Waals surface area contributed by atoms with Gasteiger partial charge in [0.1, 0.15) is 16.3 Å². The molecule has 1 N–H and O–H groups in total. The van der Waals surface area contributed by atoms with E-state index in [2.05, 4.69) is 29.4 Å². The second kappa shape index (κ2) is 5.06. The van der Waals surface area contributed by atoms with Crippen LogP contribution in [-0.4, -0.2) is 8.42 Å². The number of nitrogens with one attached hydrogen (secondary N) is 1. The van der Waals surface area contributed by atoms with E-state index in [-0.39, 0.29) is 4.90 Å². The van der Waals surface area contributed by atoms with Crippen molar-refractivity contribution in [1.29, 1.82) is 0 Å². The first-order valence-electron chi connectivity index (χ1n) is 5.47. The van der Waals surface area contributed by atoms with Crippen LogP contribution in [0.15, 0.2) is 41.7 Å². The molecule has 5 nitrogen and oxygen atoms in total. The molecule has 2 heterocycles. The smallest absolute Gasteiger partial charge is 0.263 e. The molecule has 9 heteroatoms. The van der Waals surface area contributed by atoms with Gasteiger partial charge in [-0.25, -0.2) is 8.42 Å². The molecule has 20 heavy (non-hydrogen) atoms. The molecule has 0 saturated carbocycles. The van der Waals surface area contributed by atoms with Crippen LogP contribution in [-0.2, 0) is 21.4 Å². The summed E-state index contributed by atoms with van der Waals surface area (Å²) < 4.78 is 36.4. The number of aryl methyl sites for hydroxylation is 1. The first kappa shape index (κ1) is 13.9. The molecular formula is C11H8BrN3O2S3. The van der Waals surface area contributed by atoms with Crippen LogP contribution in [0.4, 0.5) is 17.1 Å². The number of sulfonamides is 1. The van der Waals surface area contributed by atoms with E-state index >= 15 is 0 Å².